The van der Waals surface area contributed by atoms with E-state index in [0.717, 1.165) is 0 Å². The zero-order valence-electron chi connectivity index (χ0n) is 5.58. The predicted molar refractivity (Wildman–Crippen MR) is 41.8 cm³/mol. The number of fused-ring (bicyclic) bond motifs is 1. The zero-order chi connectivity index (χ0) is 7.84. The number of benzene rings is 1. The van der Waals surface area contributed by atoms with Gasteiger partial charge in [0.2, 0.25) is 0 Å². The van der Waals surface area contributed by atoms with Gasteiger partial charge < -0.3 is 15.2 Å². The Morgan fingerprint density at radius 1 is 1.27 bits per heavy atom. The monoisotopic (exact) mass is 171 g/mol. The number of hydrogen-bond donors (Lipinski definition) is 1. The van der Waals surface area contributed by atoms with E-state index in [1.807, 2.05) is 0 Å². The van der Waals surface area contributed by atoms with E-state index >= 15 is 0 Å². The second-order valence-corrected chi connectivity index (χ2v) is 2.57. The number of nitrogen functional groups attached to an aromatic ring is 1. The molecule has 0 fully saturated rings. The molecule has 1 unspecified atom stereocenters. The highest BCUT2D eigenvalue weighted by Gasteiger charge is 2.21. The first-order valence-corrected chi connectivity index (χ1v) is 3.56. The van der Waals surface area contributed by atoms with Crippen molar-refractivity contribution in [3.8, 4) is 11.5 Å². The van der Waals surface area contributed by atoms with Gasteiger partial charge in [0.1, 0.15) is 0 Å². The Morgan fingerprint density at radius 3 is 2.82 bits per heavy atom. The van der Waals surface area contributed by atoms with Gasteiger partial charge in [-0.15, -0.1) is 0 Å². The van der Waals surface area contributed by atoms with Gasteiger partial charge in [-0.25, -0.2) is 0 Å². The highest BCUT2D eigenvalue weighted by atomic mass is 35.5. The van der Waals surface area contributed by atoms with Crippen LogP contribution in [0.1, 0.15) is 0 Å². The number of alkyl halides is 1. The highest BCUT2D eigenvalue weighted by Crippen LogP contribution is 2.36. The summed E-state index contributed by atoms with van der Waals surface area (Å²) in [7, 11) is 0. The van der Waals surface area contributed by atoms with Crippen LogP contribution in [-0.4, -0.2) is 5.75 Å². The van der Waals surface area contributed by atoms with E-state index in [1.165, 1.54) is 0 Å². The number of ether oxygens (including phenoxy) is 2. The van der Waals surface area contributed by atoms with Gasteiger partial charge >= 0.3 is 5.75 Å². The SMILES string of the molecule is Nc1ccc2c(c1)OC(Cl)O2. The van der Waals surface area contributed by atoms with E-state index < -0.39 is 5.75 Å². The fraction of sp³-hybridized carbons (Fsp3) is 0.143. The quantitative estimate of drug-likeness (QED) is 0.476. The molecule has 3 nitrogen and oxygen atoms in total. The van der Waals surface area contributed by atoms with Crippen molar-refractivity contribution in [1.29, 1.82) is 0 Å². The Hall–Kier alpha value is -1.09. The number of anilines is 1. The van der Waals surface area contributed by atoms with Gasteiger partial charge in [-0.1, -0.05) is 0 Å². The zero-order valence-corrected chi connectivity index (χ0v) is 6.34. The molecule has 0 saturated carbocycles. The van der Waals surface area contributed by atoms with Crippen LogP contribution in [0.15, 0.2) is 18.2 Å². The summed E-state index contributed by atoms with van der Waals surface area (Å²) in [6.07, 6.45) is 0. The Kier molecular flexibility index (Phi) is 1.32. The van der Waals surface area contributed by atoms with Gasteiger partial charge in [0.15, 0.2) is 11.5 Å². The van der Waals surface area contributed by atoms with Crippen molar-refractivity contribution in [2.75, 3.05) is 5.73 Å². The molecule has 0 bridgehead atoms. The minimum atomic E-state index is -0.716. The summed E-state index contributed by atoms with van der Waals surface area (Å²) >= 11 is 5.54. The van der Waals surface area contributed by atoms with Crippen molar-refractivity contribution in [1.82, 2.24) is 0 Å². The van der Waals surface area contributed by atoms with E-state index in [0.29, 0.717) is 17.2 Å². The Morgan fingerprint density at radius 2 is 2.00 bits per heavy atom. The molecule has 1 aliphatic rings. The van der Waals surface area contributed by atoms with Crippen LogP contribution >= 0.6 is 11.6 Å². The third-order valence-corrected chi connectivity index (χ3v) is 1.59. The smallest absolute Gasteiger partial charge is 0.322 e. The van der Waals surface area contributed by atoms with Gasteiger partial charge in [-0.3, -0.25) is 0 Å². The summed E-state index contributed by atoms with van der Waals surface area (Å²) in [5, 5.41) is 0. The fourth-order valence-corrected chi connectivity index (χ4v) is 1.13. The van der Waals surface area contributed by atoms with Gasteiger partial charge in [0, 0.05) is 11.8 Å². The van der Waals surface area contributed by atoms with Gasteiger partial charge in [0.25, 0.3) is 0 Å². The Balaban J connectivity index is 2.43. The molecule has 0 aromatic heterocycles. The summed E-state index contributed by atoms with van der Waals surface area (Å²) in [5.41, 5.74) is 6.13. The van der Waals surface area contributed by atoms with Crippen LogP contribution in [0.2, 0.25) is 0 Å². The number of halogens is 1. The molecule has 11 heavy (non-hydrogen) atoms. The van der Waals surface area contributed by atoms with E-state index in [9.17, 15) is 0 Å². The molecular weight excluding hydrogens is 166 g/mol. The van der Waals surface area contributed by atoms with Crippen LogP contribution in [0.5, 0.6) is 11.5 Å². The second kappa shape index (κ2) is 2.20. The lowest BCUT2D eigenvalue weighted by atomic mass is 10.3. The molecule has 0 saturated heterocycles. The molecule has 0 spiro atoms. The molecule has 58 valence electrons. The molecule has 0 amide bonds. The van der Waals surface area contributed by atoms with Gasteiger partial charge in [-0.05, 0) is 23.7 Å². The molecule has 2 rings (SSSR count). The number of rotatable bonds is 0. The van der Waals surface area contributed by atoms with Crippen molar-refractivity contribution < 1.29 is 9.47 Å². The van der Waals surface area contributed by atoms with Crippen molar-refractivity contribution >= 4 is 17.3 Å². The first kappa shape index (κ1) is 6.61. The first-order chi connectivity index (χ1) is 5.25. The Bertz CT molecular complexity index is 290. The molecule has 4 heteroatoms. The first-order valence-electron chi connectivity index (χ1n) is 3.12. The van der Waals surface area contributed by atoms with Crippen LogP contribution in [-0.2, 0) is 0 Å². The Labute approximate surface area is 68.7 Å². The number of hydrogen-bond acceptors (Lipinski definition) is 3. The third kappa shape index (κ3) is 1.07. The molecule has 1 aliphatic heterocycles. The molecule has 0 radical (unpaired) electrons. The summed E-state index contributed by atoms with van der Waals surface area (Å²) in [4.78, 5) is 0. The molecule has 1 aromatic carbocycles. The van der Waals surface area contributed by atoms with Crippen molar-refractivity contribution in [2.45, 2.75) is 5.75 Å². The molecule has 2 N–H and O–H groups in total. The van der Waals surface area contributed by atoms with Crippen LogP contribution < -0.4 is 15.2 Å². The maximum atomic E-state index is 5.54. The van der Waals surface area contributed by atoms with E-state index in [1.54, 1.807) is 18.2 Å². The highest BCUT2D eigenvalue weighted by molar-refractivity contribution is 6.19. The second-order valence-electron chi connectivity index (χ2n) is 2.22. The van der Waals surface area contributed by atoms with Crippen LogP contribution in [0.3, 0.4) is 0 Å². The summed E-state index contributed by atoms with van der Waals surface area (Å²) < 4.78 is 10.1. The lowest BCUT2D eigenvalue weighted by Gasteiger charge is -1.96. The largest absolute Gasteiger partial charge is 0.438 e. The van der Waals surface area contributed by atoms with E-state index in [2.05, 4.69) is 0 Å². The molecule has 1 aromatic rings. The average molecular weight is 172 g/mol. The molecule has 0 aliphatic carbocycles. The summed E-state index contributed by atoms with van der Waals surface area (Å²) in [6, 6.07) is 5.14. The number of nitrogens with two attached hydrogens (primary N) is 1. The standard InChI is InChI=1S/C7H6ClNO2/c8-7-10-5-2-1-4(9)3-6(5)11-7/h1-3,7H,9H2. The van der Waals surface area contributed by atoms with Crippen LogP contribution in [0.4, 0.5) is 5.69 Å². The van der Waals surface area contributed by atoms with Crippen molar-refractivity contribution in [3.63, 3.8) is 0 Å². The van der Waals surface area contributed by atoms with Crippen molar-refractivity contribution in [2.24, 2.45) is 0 Å². The van der Waals surface area contributed by atoms with Gasteiger partial charge in [0.05, 0.1) is 0 Å². The topological polar surface area (TPSA) is 44.5 Å². The minimum absolute atomic E-state index is 0.602. The lowest BCUT2D eigenvalue weighted by Crippen LogP contribution is -2.07. The minimum Gasteiger partial charge on any atom is -0.438 e. The molecular formula is C7H6ClNO2. The lowest BCUT2D eigenvalue weighted by molar-refractivity contribution is 0.128. The normalized spacial score (nSPS) is 20.3. The van der Waals surface area contributed by atoms with Crippen molar-refractivity contribution in [3.05, 3.63) is 18.2 Å². The molecule has 1 heterocycles. The maximum absolute atomic E-state index is 5.54. The van der Waals surface area contributed by atoms with Crippen LogP contribution in [0, 0.1) is 0 Å². The van der Waals surface area contributed by atoms with Gasteiger partial charge in [-0.2, -0.15) is 0 Å². The van der Waals surface area contributed by atoms with E-state index in [-0.39, 0.29) is 0 Å². The van der Waals surface area contributed by atoms with Crippen LogP contribution in [0.25, 0.3) is 0 Å². The summed E-state index contributed by atoms with van der Waals surface area (Å²) in [5.74, 6) is 0.524. The predicted octanol–water partition coefficient (Wildman–Crippen LogP) is 1.56. The average Bonchev–Trinajstić information content (AvgIpc) is 2.27. The fourth-order valence-electron chi connectivity index (χ4n) is 0.938. The maximum Gasteiger partial charge on any atom is 0.322 e. The molecule has 1 atom stereocenters. The summed E-state index contributed by atoms with van der Waals surface area (Å²) in [6.45, 7) is 0. The third-order valence-electron chi connectivity index (χ3n) is 1.41. The van der Waals surface area contributed by atoms with E-state index in [4.69, 9.17) is 26.8 Å².